The molecule has 1 atom stereocenters. The lowest BCUT2D eigenvalue weighted by molar-refractivity contribution is 0.724. The molecule has 1 unspecified atom stereocenters. The van der Waals surface area contributed by atoms with Crippen LogP contribution in [0, 0.1) is 0 Å². The summed E-state index contributed by atoms with van der Waals surface area (Å²) in [5.41, 5.74) is 14.7. The van der Waals surface area contributed by atoms with Crippen molar-refractivity contribution in [3.63, 3.8) is 0 Å². The SMILES string of the molecule is Nc1cc(Cl)c(Cl)cc1C(N)Cc1ccccc1. The molecule has 18 heavy (non-hydrogen) atoms. The highest BCUT2D eigenvalue weighted by Crippen LogP contribution is 2.31. The maximum absolute atomic E-state index is 6.17. The number of nitrogen functional groups attached to an aromatic ring is 1. The fraction of sp³-hybridized carbons (Fsp3) is 0.143. The molecule has 0 bridgehead atoms. The predicted molar refractivity (Wildman–Crippen MR) is 77.9 cm³/mol. The molecule has 0 aromatic heterocycles. The minimum atomic E-state index is -0.192. The van der Waals surface area contributed by atoms with Crippen molar-refractivity contribution < 1.29 is 0 Å². The first-order valence-corrected chi connectivity index (χ1v) is 6.37. The molecule has 2 aromatic rings. The smallest absolute Gasteiger partial charge is 0.0612 e. The van der Waals surface area contributed by atoms with E-state index in [9.17, 15) is 0 Å². The molecule has 0 amide bonds. The maximum atomic E-state index is 6.17. The summed E-state index contributed by atoms with van der Waals surface area (Å²) >= 11 is 11.9. The van der Waals surface area contributed by atoms with E-state index >= 15 is 0 Å². The lowest BCUT2D eigenvalue weighted by Gasteiger charge is -2.15. The number of rotatable bonds is 3. The van der Waals surface area contributed by atoms with Gasteiger partial charge in [0.1, 0.15) is 0 Å². The topological polar surface area (TPSA) is 52.0 Å². The molecule has 0 saturated carbocycles. The minimum absolute atomic E-state index is 0.192. The van der Waals surface area contributed by atoms with Crippen molar-refractivity contribution >= 4 is 28.9 Å². The Balaban J connectivity index is 2.24. The summed E-state index contributed by atoms with van der Waals surface area (Å²) in [7, 11) is 0. The van der Waals surface area contributed by atoms with Crippen LogP contribution in [-0.2, 0) is 6.42 Å². The number of nitrogens with two attached hydrogens (primary N) is 2. The van der Waals surface area contributed by atoms with Gasteiger partial charge in [-0.3, -0.25) is 0 Å². The standard InChI is InChI=1S/C14H14Cl2N2/c15-11-7-10(14(18)8-12(11)16)13(17)6-9-4-2-1-3-5-9/h1-5,7-8,13H,6,17-18H2. The van der Waals surface area contributed by atoms with Crippen LogP contribution < -0.4 is 11.5 Å². The molecule has 0 radical (unpaired) electrons. The van der Waals surface area contributed by atoms with Crippen LogP contribution in [0.5, 0.6) is 0 Å². The Bertz CT molecular complexity index is 541. The van der Waals surface area contributed by atoms with Crippen molar-refractivity contribution in [3.05, 3.63) is 63.6 Å². The molecule has 0 heterocycles. The third kappa shape index (κ3) is 2.96. The number of benzene rings is 2. The zero-order chi connectivity index (χ0) is 13.1. The lowest BCUT2D eigenvalue weighted by atomic mass is 9.98. The summed E-state index contributed by atoms with van der Waals surface area (Å²) < 4.78 is 0. The third-order valence-corrected chi connectivity index (χ3v) is 3.55. The van der Waals surface area contributed by atoms with Gasteiger partial charge in [-0.2, -0.15) is 0 Å². The molecule has 0 spiro atoms. The quantitative estimate of drug-likeness (QED) is 0.840. The number of anilines is 1. The van der Waals surface area contributed by atoms with Crippen LogP contribution in [0.15, 0.2) is 42.5 Å². The lowest BCUT2D eigenvalue weighted by Crippen LogP contribution is -2.15. The summed E-state index contributed by atoms with van der Waals surface area (Å²) in [6.07, 6.45) is 0.711. The van der Waals surface area contributed by atoms with E-state index in [1.54, 1.807) is 12.1 Å². The van der Waals surface area contributed by atoms with E-state index in [4.69, 9.17) is 34.7 Å². The minimum Gasteiger partial charge on any atom is -0.398 e. The van der Waals surface area contributed by atoms with Crippen LogP contribution in [0.25, 0.3) is 0 Å². The highest BCUT2D eigenvalue weighted by molar-refractivity contribution is 6.42. The molecule has 94 valence electrons. The molecule has 0 aliphatic carbocycles. The summed E-state index contributed by atoms with van der Waals surface area (Å²) in [5, 5.41) is 0.925. The molecule has 0 fully saturated rings. The van der Waals surface area contributed by atoms with Crippen molar-refractivity contribution in [2.24, 2.45) is 5.73 Å². The molecule has 2 aromatic carbocycles. The van der Waals surface area contributed by atoms with Gasteiger partial charge < -0.3 is 11.5 Å². The van der Waals surface area contributed by atoms with Crippen molar-refractivity contribution in [1.82, 2.24) is 0 Å². The van der Waals surface area contributed by atoms with Gasteiger partial charge in [-0.15, -0.1) is 0 Å². The summed E-state index contributed by atoms with van der Waals surface area (Å²) in [5.74, 6) is 0. The van der Waals surface area contributed by atoms with Crippen molar-refractivity contribution in [2.75, 3.05) is 5.73 Å². The molecule has 4 heteroatoms. The van der Waals surface area contributed by atoms with Crippen LogP contribution >= 0.6 is 23.2 Å². The third-order valence-electron chi connectivity index (χ3n) is 2.82. The van der Waals surface area contributed by atoms with Gasteiger partial charge in [-0.25, -0.2) is 0 Å². The average Bonchev–Trinajstić information content (AvgIpc) is 2.35. The monoisotopic (exact) mass is 280 g/mol. The molecule has 0 aliphatic rings. The first kappa shape index (κ1) is 13.2. The van der Waals surface area contributed by atoms with E-state index in [1.165, 1.54) is 0 Å². The summed E-state index contributed by atoms with van der Waals surface area (Å²) in [6, 6.07) is 13.2. The highest BCUT2D eigenvalue weighted by atomic mass is 35.5. The fourth-order valence-corrected chi connectivity index (χ4v) is 2.22. The van der Waals surface area contributed by atoms with Gasteiger partial charge in [0.2, 0.25) is 0 Å². The van der Waals surface area contributed by atoms with E-state index in [-0.39, 0.29) is 6.04 Å². The van der Waals surface area contributed by atoms with Gasteiger partial charge in [-0.1, -0.05) is 53.5 Å². The van der Waals surface area contributed by atoms with E-state index in [1.807, 2.05) is 30.3 Å². The molecule has 4 N–H and O–H groups in total. The van der Waals surface area contributed by atoms with Crippen LogP contribution in [-0.4, -0.2) is 0 Å². The summed E-state index contributed by atoms with van der Waals surface area (Å²) in [4.78, 5) is 0. The van der Waals surface area contributed by atoms with E-state index < -0.39 is 0 Å². The number of hydrogen-bond acceptors (Lipinski definition) is 2. The van der Waals surface area contributed by atoms with E-state index in [0.717, 1.165) is 11.1 Å². The van der Waals surface area contributed by atoms with Gasteiger partial charge in [0.15, 0.2) is 0 Å². The van der Waals surface area contributed by atoms with Gasteiger partial charge >= 0.3 is 0 Å². The highest BCUT2D eigenvalue weighted by Gasteiger charge is 2.13. The predicted octanol–water partition coefficient (Wildman–Crippen LogP) is 3.82. The van der Waals surface area contributed by atoms with Crippen LogP contribution in [0.4, 0.5) is 5.69 Å². The second-order valence-electron chi connectivity index (χ2n) is 4.19. The van der Waals surface area contributed by atoms with Crippen molar-refractivity contribution in [1.29, 1.82) is 0 Å². The Morgan fingerprint density at radius 1 is 1.00 bits per heavy atom. The van der Waals surface area contributed by atoms with Crippen LogP contribution in [0.1, 0.15) is 17.2 Å². The molecular formula is C14H14Cl2N2. The second kappa shape index (κ2) is 5.61. The largest absolute Gasteiger partial charge is 0.398 e. The van der Waals surface area contributed by atoms with Gasteiger partial charge in [0.25, 0.3) is 0 Å². The summed E-state index contributed by atoms with van der Waals surface area (Å²) in [6.45, 7) is 0. The molecule has 2 rings (SSSR count). The van der Waals surface area contributed by atoms with Crippen molar-refractivity contribution in [3.8, 4) is 0 Å². The Morgan fingerprint density at radius 2 is 1.61 bits per heavy atom. The first-order valence-electron chi connectivity index (χ1n) is 5.62. The average molecular weight is 281 g/mol. The number of hydrogen-bond donors (Lipinski definition) is 2. The Hall–Kier alpha value is -1.22. The second-order valence-corrected chi connectivity index (χ2v) is 5.01. The zero-order valence-corrected chi connectivity index (χ0v) is 11.2. The zero-order valence-electron chi connectivity index (χ0n) is 9.74. The van der Waals surface area contributed by atoms with Gasteiger partial charge in [0, 0.05) is 11.7 Å². The van der Waals surface area contributed by atoms with Gasteiger partial charge in [-0.05, 0) is 29.7 Å². The van der Waals surface area contributed by atoms with E-state index in [0.29, 0.717) is 22.2 Å². The normalized spacial score (nSPS) is 12.4. The molecule has 0 aliphatic heterocycles. The molecular weight excluding hydrogens is 267 g/mol. The Labute approximate surface area is 117 Å². The number of halogens is 2. The molecule has 2 nitrogen and oxygen atoms in total. The van der Waals surface area contributed by atoms with Crippen LogP contribution in [0.3, 0.4) is 0 Å². The van der Waals surface area contributed by atoms with E-state index in [2.05, 4.69) is 0 Å². The van der Waals surface area contributed by atoms with Crippen LogP contribution in [0.2, 0.25) is 10.0 Å². The Kier molecular flexibility index (Phi) is 4.12. The van der Waals surface area contributed by atoms with Crippen molar-refractivity contribution in [2.45, 2.75) is 12.5 Å². The maximum Gasteiger partial charge on any atom is 0.0612 e. The molecule has 0 saturated heterocycles. The first-order chi connectivity index (χ1) is 8.58. The van der Waals surface area contributed by atoms with Gasteiger partial charge in [0.05, 0.1) is 10.0 Å². The fourth-order valence-electron chi connectivity index (χ4n) is 1.88. The Morgan fingerprint density at radius 3 is 2.28 bits per heavy atom.